The summed E-state index contributed by atoms with van der Waals surface area (Å²) in [4.78, 5) is 2.53. The van der Waals surface area contributed by atoms with E-state index in [0.717, 1.165) is 31.4 Å². The van der Waals surface area contributed by atoms with Gasteiger partial charge in [0.25, 0.3) is 0 Å². The molecule has 0 radical (unpaired) electrons. The van der Waals surface area contributed by atoms with Crippen LogP contribution in [-0.2, 0) is 4.74 Å². The summed E-state index contributed by atoms with van der Waals surface area (Å²) >= 11 is 5.83. The smallest absolute Gasteiger partial charge is 0.0634 e. The molecule has 0 heterocycles. The molecule has 3 heteroatoms. The first-order chi connectivity index (χ1) is 7.09. The van der Waals surface area contributed by atoms with Crippen LogP contribution < -0.4 is 0 Å². The van der Waals surface area contributed by atoms with E-state index in [1.54, 1.807) is 7.11 Å². The van der Waals surface area contributed by atoms with Crippen LogP contribution in [0.2, 0.25) is 0 Å². The van der Waals surface area contributed by atoms with E-state index in [9.17, 15) is 0 Å². The molecule has 0 unspecified atom stereocenters. The zero-order valence-electron chi connectivity index (χ0n) is 10.3. The van der Waals surface area contributed by atoms with E-state index in [2.05, 4.69) is 18.7 Å². The van der Waals surface area contributed by atoms with E-state index >= 15 is 0 Å². The van der Waals surface area contributed by atoms with Gasteiger partial charge in [-0.3, -0.25) is 4.90 Å². The van der Waals surface area contributed by atoms with Gasteiger partial charge in [0.15, 0.2) is 0 Å². The third-order valence-corrected chi connectivity index (χ3v) is 3.69. The fraction of sp³-hybridized carbons (Fsp3) is 1.00. The summed E-state index contributed by atoms with van der Waals surface area (Å²) in [6.07, 6.45) is 5.17. The van der Waals surface area contributed by atoms with Gasteiger partial charge in [-0.05, 0) is 33.1 Å². The number of methoxy groups -OCH3 is 1. The fourth-order valence-corrected chi connectivity index (χ4v) is 2.07. The second kappa shape index (κ2) is 6.07. The van der Waals surface area contributed by atoms with Crippen molar-refractivity contribution in [1.82, 2.24) is 4.90 Å². The van der Waals surface area contributed by atoms with E-state index in [0.29, 0.717) is 0 Å². The molecule has 1 saturated carbocycles. The number of ether oxygens (including phenoxy) is 1. The van der Waals surface area contributed by atoms with Gasteiger partial charge in [0.05, 0.1) is 5.60 Å². The summed E-state index contributed by atoms with van der Waals surface area (Å²) in [6.45, 7) is 6.42. The highest BCUT2D eigenvalue weighted by atomic mass is 35.5. The number of alkyl halides is 1. The van der Waals surface area contributed by atoms with E-state index < -0.39 is 0 Å². The van der Waals surface area contributed by atoms with Gasteiger partial charge < -0.3 is 4.74 Å². The highest BCUT2D eigenvalue weighted by Crippen LogP contribution is 2.26. The van der Waals surface area contributed by atoms with Crippen molar-refractivity contribution in [3.05, 3.63) is 0 Å². The number of rotatable bonds is 7. The Labute approximate surface area is 98.9 Å². The van der Waals surface area contributed by atoms with Crippen LogP contribution in [0.3, 0.4) is 0 Å². The number of halogens is 1. The quantitative estimate of drug-likeness (QED) is 0.627. The molecule has 0 aromatic rings. The van der Waals surface area contributed by atoms with Gasteiger partial charge in [0, 0.05) is 32.1 Å². The van der Waals surface area contributed by atoms with Gasteiger partial charge in [-0.1, -0.05) is 6.42 Å². The molecule has 0 atom stereocenters. The lowest BCUT2D eigenvalue weighted by Crippen LogP contribution is -2.43. The first-order valence-electron chi connectivity index (χ1n) is 5.94. The molecule has 0 aliphatic heterocycles. The predicted molar refractivity (Wildman–Crippen MR) is 65.6 cm³/mol. The summed E-state index contributed by atoms with van der Waals surface area (Å²) in [5, 5.41) is 0. The van der Waals surface area contributed by atoms with Crippen molar-refractivity contribution in [1.29, 1.82) is 0 Å². The minimum atomic E-state index is -0.00564. The van der Waals surface area contributed by atoms with Crippen LogP contribution in [0.5, 0.6) is 0 Å². The van der Waals surface area contributed by atoms with Crippen molar-refractivity contribution in [2.45, 2.75) is 51.2 Å². The molecular formula is C12H24ClNO. The summed E-state index contributed by atoms with van der Waals surface area (Å²) in [6, 6.07) is 0.788. The maximum Gasteiger partial charge on any atom is 0.0634 e. The van der Waals surface area contributed by atoms with Crippen LogP contribution in [0.15, 0.2) is 0 Å². The van der Waals surface area contributed by atoms with Gasteiger partial charge in [0.2, 0.25) is 0 Å². The van der Waals surface area contributed by atoms with Crippen molar-refractivity contribution in [2.24, 2.45) is 0 Å². The average molecular weight is 234 g/mol. The van der Waals surface area contributed by atoms with Crippen molar-refractivity contribution in [3.8, 4) is 0 Å². The van der Waals surface area contributed by atoms with E-state index in [-0.39, 0.29) is 5.60 Å². The maximum absolute atomic E-state index is 5.83. The molecule has 0 aromatic heterocycles. The predicted octanol–water partition coefficient (Wildman–Crippen LogP) is 2.89. The zero-order valence-corrected chi connectivity index (χ0v) is 11.0. The molecule has 0 spiro atoms. The second-order valence-corrected chi connectivity index (χ2v) is 5.40. The summed E-state index contributed by atoms with van der Waals surface area (Å²) in [5.74, 6) is 0.740. The molecule has 0 amide bonds. The number of hydrogen-bond donors (Lipinski definition) is 0. The minimum absolute atomic E-state index is 0.00564. The van der Waals surface area contributed by atoms with Crippen LogP contribution >= 0.6 is 11.6 Å². The van der Waals surface area contributed by atoms with Gasteiger partial charge in [-0.2, -0.15) is 0 Å². The lowest BCUT2D eigenvalue weighted by molar-refractivity contribution is 0.000438. The molecule has 1 aliphatic rings. The Bertz CT molecular complexity index is 180. The van der Waals surface area contributed by atoms with Gasteiger partial charge in [-0.25, -0.2) is 0 Å². The van der Waals surface area contributed by atoms with E-state index in [4.69, 9.17) is 16.3 Å². The SMILES string of the molecule is COC(C)(C)CCN(CCCl)C1CCC1. The zero-order chi connectivity index (χ0) is 11.3. The van der Waals surface area contributed by atoms with Crippen LogP contribution in [0.25, 0.3) is 0 Å². The monoisotopic (exact) mass is 233 g/mol. The third kappa shape index (κ3) is 4.29. The summed E-state index contributed by atoms with van der Waals surface area (Å²) in [7, 11) is 1.79. The first kappa shape index (κ1) is 13.3. The Morgan fingerprint density at radius 1 is 1.33 bits per heavy atom. The van der Waals surface area contributed by atoms with Crippen LogP contribution in [0.4, 0.5) is 0 Å². The molecular weight excluding hydrogens is 210 g/mol. The molecule has 0 N–H and O–H groups in total. The molecule has 90 valence electrons. The molecule has 15 heavy (non-hydrogen) atoms. The standard InChI is InChI=1S/C12H24ClNO/c1-12(2,15-3)7-9-14(10-8-13)11-5-4-6-11/h11H,4-10H2,1-3H3. The Balaban J connectivity index is 2.30. The minimum Gasteiger partial charge on any atom is -0.379 e. The Morgan fingerprint density at radius 3 is 2.40 bits per heavy atom. The Hall–Kier alpha value is 0.210. The largest absolute Gasteiger partial charge is 0.379 e. The molecule has 0 bridgehead atoms. The lowest BCUT2D eigenvalue weighted by atomic mass is 9.91. The van der Waals surface area contributed by atoms with Gasteiger partial charge in [-0.15, -0.1) is 11.6 Å². The number of nitrogens with zero attached hydrogens (tertiary/aromatic N) is 1. The van der Waals surface area contributed by atoms with Crippen LogP contribution in [0, 0.1) is 0 Å². The Kier molecular flexibility index (Phi) is 5.37. The highest BCUT2D eigenvalue weighted by Gasteiger charge is 2.26. The molecule has 1 rings (SSSR count). The maximum atomic E-state index is 5.83. The molecule has 1 fully saturated rings. The molecule has 0 saturated heterocycles. The van der Waals surface area contributed by atoms with Crippen molar-refractivity contribution < 1.29 is 4.74 Å². The van der Waals surface area contributed by atoms with Crippen molar-refractivity contribution >= 4 is 11.6 Å². The average Bonchev–Trinajstić information content (AvgIpc) is 2.12. The highest BCUT2D eigenvalue weighted by molar-refractivity contribution is 6.18. The summed E-state index contributed by atoms with van der Waals surface area (Å²) < 4.78 is 5.44. The van der Waals surface area contributed by atoms with Crippen LogP contribution in [0.1, 0.15) is 39.5 Å². The van der Waals surface area contributed by atoms with Gasteiger partial charge in [0.1, 0.15) is 0 Å². The molecule has 0 aromatic carbocycles. The molecule has 2 nitrogen and oxygen atoms in total. The topological polar surface area (TPSA) is 12.5 Å². The normalized spacial score (nSPS) is 18.2. The Morgan fingerprint density at radius 2 is 2.00 bits per heavy atom. The van der Waals surface area contributed by atoms with Crippen LogP contribution in [-0.4, -0.2) is 42.6 Å². The number of hydrogen-bond acceptors (Lipinski definition) is 2. The van der Waals surface area contributed by atoms with Crippen molar-refractivity contribution in [2.75, 3.05) is 26.1 Å². The summed E-state index contributed by atoms with van der Waals surface area (Å²) in [5.41, 5.74) is -0.00564. The fourth-order valence-electron chi connectivity index (χ4n) is 1.85. The first-order valence-corrected chi connectivity index (χ1v) is 6.47. The molecule has 1 aliphatic carbocycles. The lowest BCUT2D eigenvalue weighted by Gasteiger charge is -2.38. The van der Waals surface area contributed by atoms with Gasteiger partial charge >= 0.3 is 0 Å². The second-order valence-electron chi connectivity index (χ2n) is 5.02. The van der Waals surface area contributed by atoms with E-state index in [1.807, 2.05) is 0 Å². The third-order valence-electron chi connectivity index (χ3n) is 3.52. The van der Waals surface area contributed by atoms with E-state index in [1.165, 1.54) is 19.3 Å². The van der Waals surface area contributed by atoms with Crippen molar-refractivity contribution in [3.63, 3.8) is 0 Å².